The molecule has 104 valence electrons. The number of hydrogen-bond donors (Lipinski definition) is 0. The van der Waals surface area contributed by atoms with E-state index in [1.807, 2.05) is 17.9 Å². The van der Waals surface area contributed by atoms with Crippen LogP contribution >= 0.6 is 0 Å². The van der Waals surface area contributed by atoms with E-state index in [1.54, 1.807) is 6.07 Å². The molecule has 0 radical (unpaired) electrons. The van der Waals surface area contributed by atoms with Crippen molar-refractivity contribution in [3.63, 3.8) is 0 Å². The number of nitrogens with zero attached hydrogens (tertiary/aromatic N) is 3. The number of likely N-dealkylation sites (tertiary alicyclic amines) is 1. The van der Waals surface area contributed by atoms with E-state index in [4.69, 9.17) is 0 Å². The third-order valence-corrected chi connectivity index (χ3v) is 4.47. The SMILES string of the molecule is CCC1(CC)CCCN(C(=O)c2ccc(C)nn2)C1. The number of aryl methyl sites for hydroxylation is 1. The molecule has 0 saturated carbocycles. The fourth-order valence-electron chi connectivity index (χ4n) is 2.88. The Kier molecular flexibility index (Phi) is 4.17. The van der Waals surface area contributed by atoms with Gasteiger partial charge in [-0.2, -0.15) is 5.10 Å². The maximum absolute atomic E-state index is 12.5. The summed E-state index contributed by atoms with van der Waals surface area (Å²) in [6.45, 7) is 8.03. The molecule has 4 heteroatoms. The number of hydrogen-bond acceptors (Lipinski definition) is 3. The van der Waals surface area contributed by atoms with Gasteiger partial charge < -0.3 is 4.90 Å². The fourth-order valence-corrected chi connectivity index (χ4v) is 2.88. The smallest absolute Gasteiger partial charge is 0.274 e. The number of carbonyl (C=O) groups excluding carboxylic acids is 1. The quantitative estimate of drug-likeness (QED) is 0.840. The molecule has 1 saturated heterocycles. The second kappa shape index (κ2) is 5.68. The van der Waals surface area contributed by atoms with E-state index in [9.17, 15) is 4.79 Å². The Bertz CT molecular complexity index is 437. The summed E-state index contributed by atoms with van der Waals surface area (Å²) >= 11 is 0. The molecule has 0 aliphatic carbocycles. The number of carbonyl (C=O) groups is 1. The molecule has 1 amide bonds. The van der Waals surface area contributed by atoms with Crippen molar-refractivity contribution in [3.8, 4) is 0 Å². The lowest BCUT2D eigenvalue weighted by atomic mass is 9.75. The highest BCUT2D eigenvalue weighted by molar-refractivity contribution is 5.92. The normalized spacial score (nSPS) is 18.4. The molecule has 4 nitrogen and oxygen atoms in total. The standard InChI is InChI=1S/C15H23N3O/c1-4-15(5-2)9-6-10-18(11-15)14(19)13-8-7-12(3)16-17-13/h7-8H,4-6,9-11H2,1-3H3. The van der Waals surface area contributed by atoms with Gasteiger partial charge in [0.1, 0.15) is 0 Å². The second-order valence-electron chi connectivity index (χ2n) is 5.60. The maximum atomic E-state index is 12.5. The molecule has 19 heavy (non-hydrogen) atoms. The molecule has 1 aromatic heterocycles. The number of amides is 1. The van der Waals surface area contributed by atoms with Gasteiger partial charge >= 0.3 is 0 Å². The summed E-state index contributed by atoms with van der Waals surface area (Å²) < 4.78 is 0. The molecule has 2 rings (SSSR count). The van der Waals surface area contributed by atoms with Gasteiger partial charge in [-0.05, 0) is 50.2 Å². The van der Waals surface area contributed by atoms with Crippen molar-refractivity contribution < 1.29 is 4.79 Å². The van der Waals surface area contributed by atoms with Crippen LogP contribution in [0, 0.1) is 12.3 Å². The van der Waals surface area contributed by atoms with Gasteiger partial charge in [-0.15, -0.1) is 5.10 Å². The number of rotatable bonds is 3. The summed E-state index contributed by atoms with van der Waals surface area (Å²) in [5.74, 6) is 0.0264. The highest BCUT2D eigenvalue weighted by atomic mass is 16.2. The molecule has 0 N–H and O–H groups in total. The summed E-state index contributed by atoms with van der Waals surface area (Å²) in [6, 6.07) is 3.62. The van der Waals surface area contributed by atoms with Crippen LogP contribution in [-0.4, -0.2) is 34.1 Å². The molecule has 0 aromatic carbocycles. The van der Waals surface area contributed by atoms with Crippen LogP contribution in [0.25, 0.3) is 0 Å². The van der Waals surface area contributed by atoms with E-state index in [0.717, 1.165) is 38.0 Å². The number of piperidine rings is 1. The summed E-state index contributed by atoms with van der Waals surface area (Å²) in [5, 5.41) is 7.99. The first-order chi connectivity index (χ1) is 9.10. The molecular weight excluding hydrogens is 238 g/mol. The van der Waals surface area contributed by atoms with E-state index in [0.29, 0.717) is 11.1 Å². The van der Waals surface area contributed by atoms with Gasteiger partial charge in [-0.1, -0.05) is 13.8 Å². The molecule has 2 heterocycles. The minimum atomic E-state index is 0.0264. The molecule has 0 unspecified atom stereocenters. The molecule has 1 aliphatic rings. The number of aromatic nitrogens is 2. The Morgan fingerprint density at radius 3 is 2.63 bits per heavy atom. The van der Waals surface area contributed by atoms with Crippen LogP contribution in [0.15, 0.2) is 12.1 Å². The largest absolute Gasteiger partial charge is 0.337 e. The summed E-state index contributed by atoms with van der Waals surface area (Å²) in [7, 11) is 0. The van der Waals surface area contributed by atoms with E-state index in [1.165, 1.54) is 6.42 Å². The van der Waals surface area contributed by atoms with Gasteiger partial charge in [-0.3, -0.25) is 4.79 Å². The van der Waals surface area contributed by atoms with Gasteiger partial charge in [0.2, 0.25) is 0 Å². The first-order valence-electron chi connectivity index (χ1n) is 7.20. The first-order valence-corrected chi connectivity index (χ1v) is 7.20. The zero-order valence-corrected chi connectivity index (χ0v) is 12.1. The Morgan fingerprint density at radius 2 is 2.05 bits per heavy atom. The fraction of sp³-hybridized carbons (Fsp3) is 0.667. The lowest BCUT2D eigenvalue weighted by molar-refractivity contribution is 0.0481. The molecule has 0 spiro atoms. The predicted octanol–water partition coefficient (Wildman–Crippen LogP) is 2.83. The zero-order valence-electron chi connectivity index (χ0n) is 12.1. The Labute approximate surface area is 115 Å². The summed E-state index contributed by atoms with van der Waals surface area (Å²) in [5.41, 5.74) is 1.60. The summed E-state index contributed by atoms with van der Waals surface area (Å²) in [4.78, 5) is 14.4. The molecule has 1 aliphatic heterocycles. The van der Waals surface area contributed by atoms with Crippen LogP contribution in [-0.2, 0) is 0 Å². The van der Waals surface area contributed by atoms with Gasteiger partial charge in [0.05, 0.1) is 5.69 Å². The maximum Gasteiger partial charge on any atom is 0.274 e. The van der Waals surface area contributed by atoms with E-state index < -0.39 is 0 Å². The highest BCUT2D eigenvalue weighted by Crippen LogP contribution is 2.36. The minimum absolute atomic E-state index is 0.0264. The molecule has 1 fully saturated rings. The lowest BCUT2D eigenvalue weighted by Crippen LogP contribution is -2.46. The molecule has 1 aromatic rings. The van der Waals surface area contributed by atoms with Crippen LogP contribution in [0.2, 0.25) is 0 Å². The Balaban J connectivity index is 2.13. The van der Waals surface area contributed by atoms with E-state index in [-0.39, 0.29) is 5.91 Å². The monoisotopic (exact) mass is 261 g/mol. The molecule has 0 bridgehead atoms. The van der Waals surface area contributed by atoms with Crippen molar-refractivity contribution in [2.45, 2.75) is 46.5 Å². The average Bonchev–Trinajstić information content (AvgIpc) is 2.47. The van der Waals surface area contributed by atoms with Gasteiger partial charge in [0.25, 0.3) is 5.91 Å². The highest BCUT2D eigenvalue weighted by Gasteiger charge is 2.34. The van der Waals surface area contributed by atoms with Crippen molar-refractivity contribution in [2.75, 3.05) is 13.1 Å². The van der Waals surface area contributed by atoms with Crippen LogP contribution in [0.3, 0.4) is 0 Å². The minimum Gasteiger partial charge on any atom is -0.337 e. The topological polar surface area (TPSA) is 46.1 Å². The Morgan fingerprint density at radius 1 is 1.32 bits per heavy atom. The predicted molar refractivity (Wildman–Crippen MR) is 74.9 cm³/mol. The van der Waals surface area contributed by atoms with Crippen molar-refractivity contribution in [1.82, 2.24) is 15.1 Å². The molecule has 0 atom stereocenters. The second-order valence-corrected chi connectivity index (χ2v) is 5.60. The third kappa shape index (κ3) is 2.94. The van der Waals surface area contributed by atoms with Crippen LogP contribution in [0.4, 0.5) is 0 Å². The van der Waals surface area contributed by atoms with Gasteiger partial charge in [0, 0.05) is 13.1 Å². The van der Waals surface area contributed by atoms with Crippen LogP contribution in [0.1, 0.15) is 55.7 Å². The van der Waals surface area contributed by atoms with Crippen molar-refractivity contribution in [2.24, 2.45) is 5.41 Å². The summed E-state index contributed by atoms with van der Waals surface area (Å²) in [6.07, 6.45) is 4.58. The van der Waals surface area contributed by atoms with E-state index >= 15 is 0 Å². The van der Waals surface area contributed by atoms with Gasteiger partial charge in [0.15, 0.2) is 5.69 Å². The van der Waals surface area contributed by atoms with E-state index in [2.05, 4.69) is 24.0 Å². The molecular formula is C15H23N3O. The lowest BCUT2D eigenvalue weighted by Gasteiger charge is -2.42. The zero-order chi connectivity index (χ0) is 13.9. The average molecular weight is 261 g/mol. The third-order valence-electron chi connectivity index (χ3n) is 4.47. The van der Waals surface area contributed by atoms with Crippen molar-refractivity contribution in [3.05, 3.63) is 23.5 Å². The Hall–Kier alpha value is -1.45. The van der Waals surface area contributed by atoms with Crippen LogP contribution < -0.4 is 0 Å². The van der Waals surface area contributed by atoms with Gasteiger partial charge in [-0.25, -0.2) is 0 Å². The first kappa shape index (κ1) is 14.0. The van der Waals surface area contributed by atoms with Crippen LogP contribution in [0.5, 0.6) is 0 Å². The van der Waals surface area contributed by atoms with Crippen molar-refractivity contribution in [1.29, 1.82) is 0 Å². The van der Waals surface area contributed by atoms with Crippen molar-refractivity contribution >= 4 is 5.91 Å².